The SMILES string of the molecule is C=CC(CCCCCCCCCCC)[N+](C)(C)Cc1ccccc1. The molecular weight excluding hydrogens is 290 g/mol. The fourth-order valence-corrected chi connectivity index (χ4v) is 3.59. The minimum absolute atomic E-state index is 0.551. The van der Waals surface area contributed by atoms with E-state index in [2.05, 4.69) is 64.0 Å². The van der Waals surface area contributed by atoms with Gasteiger partial charge >= 0.3 is 0 Å². The lowest BCUT2D eigenvalue weighted by Gasteiger charge is -2.37. The summed E-state index contributed by atoms with van der Waals surface area (Å²) in [6.07, 6.45) is 16.0. The van der Waals surface area contributed by atoms with Crippen LogP contribution in [0.4, 0.5) is 0 Å². The van der Waals surface area contributed by atoms with Crippen LogP contribution in [0.3, 0.4) is 0 Å². The smallest absolute Gasteiger partial charge is 0.107 e. The van der Waals surface area contributed by atoms with Crippen LogP contribution in [0.2, 0.25) is 0 Å². The predicted molar refractivity (Wildman–Crippen MR) is 108 cm³/mol. The second kappa shape index (κ2) is 12.3. The number of rotatable bonds is 14. The van der Waals surface area contributed by atoms with Crippen LogP contribution < -0.4 is 0 Å². The molecule has 24 heavy (non-hydrogen) atoms. The molecule has 0 aromatic heterocycles. The Kier molecular flexibility index (Phi) is 10.7. The number of nitrogens with zero attached hydrogens (tertiary/aromatic N) is 1. The first-order valence-corrected chi connectivity index (χ1v) is 10.1. The molecule has 1 nitrogen and oxygen atoms in total. The predicted octanol–water partition coefficient (Wildman–Crippen LogP) is 6.74. The van der Waals surface area contributed by atoms with Crippen LogP contribution in [-0.2, 0) is 6.54 Å². The molecule has 0 bridgehead atoms. The average molecular weight is 331 g/mol. The van der Waals surface area contributed by atoms with E-state index in [0.717, 1.165) is 11.0 Å². The normalized spacial score (nSPS) is 13.0. The van der Waals surface area contributed by atoms with Gasteiger partial charge in [0.1, 0.15) is 12.6 Å². The van der Waals surface area contributed by atoms with Gasteiger partial charge in [0.2, 0.25) is 0 Å². The van der Waals surface area contributed by atoms with E-state index in [-0.39, 0.29) is 0 Å². The molecule has 0 N–H and O–H groups in total. The van der Waals surface area contributed by atoms with E-state index >= 15 is 0 Å². The Hall–Kier alpha value is -1.08. The van der Waals surface area contributed by atoms with Gasteiger partial charge in [0.15, 0.2) is 0 Å². The van der Waals surface area contributed by atoms with E-state index in [1.165, 1.54) is 69.8 Å². The first kappa shape index (κ1) is 21.0. The minimum atomic E-state index is 0.551. The summed E-state index contributed by atoms with van der Waals surface area (Å²) in [5, 5.41) is 0. The van der Waals surface area contributed by atoms with Crippen LogP contribution in [0.1, 0.15) is 76.7 Å². The van der Waals surface area contributed by atoms with Crippen molar-refractivity contribution in [2.45, 2.75) is 83.7 Å². The zero-order valence-electron chi connectivity index (χ0n) is 16.5. The lowest BCUT2D eigenvalue weighted by atomic mass is 10.0. The summed E-state index contributed by atoms with van der Waals surface area (Å²) in [5.74, 6) is 0. The maximum atomic E-state index is 4.11. The Morgan fingerprint density at radius 3 is 1.96 bits per heavy atom. The molecule has 1 atom stereocenters. The monoisotopic (exact) mass is 330 g/mol. The molecule has 136 valence electrons. The van der Waals surface area contributed by atoms with Crippen molar-refractivity contribution in [2.75, 3.05) is 14.1 Å². The second-order valence-corrected chi connectivity index (χ2v) is 7.84. The lowest BCUT2D eigenvalue weighted by molar-refractivity contribution is -0.921. The third-order valence-electron chi connectivity index (χ3n) is 5.21. The zero-order chi connectivity index (χ0) is 17.7. The van der Waals surface area contributed by atoms with Crippen LogP contribution in [0.25, 0.3) is 0 Å². The highest BCUT2D eigenvalue weighted by Gasteiger charge is 2.25. The van der Waals surface area contributed by atoms with E-state index in [1.54, 1.807) is 0 Å². The molecule has 1 unspecified atom stereocenters. The van der Waals surface area contributed by atoms with Crippen molar-refractivity contribution in [2.24, 2.45) is 0 Å². The van der Waals surface area contributed by atoms with Gasteiger partial charge in [0, 0.05) is 12.0 Å². The van der Waals surface area contributed by atoms with Crippen molar-refractivity contribution in [3.05, 3.63) is 48.6 Å². The van der Waals surface area contributed by atoms with Gasteiger partial charge < -0.3 is 4.48 Å². The summed E-state index contributed by atoms with van der Waals surface area (Å²) in [5.41, 5.74) is 1.42. The van der Waals surface area contributed by atoms with Crippen molar-refractivity contribution in [1.29, 1.82) is 0 Å². The van der Waals surface area contributed by atoms with Crippen molar-refractivity contribution in [3.63, 3.8) is 0 Å². The highest BCUT2D eigenvalue weighted by atomic mass is 15.3. The summed E-state index contributed by atoms with van der Waals surface area (Å²) in [7, 11) is 4.68. The number of unbranched alkanes of at least 4 members (excludes halogenated alkanes) is 8. The van der Waals surface area contributed by atoms with E-state index in [0.29, 0.717) is 6.04 Å². The topological polar surface area (TPSA) is 0 Å². The molecule has 0 spiro atoms. The van der Waals surface area contributed by atoms with Crippen LogP contribution >= 0.6 is 0 Å². The number of benzene rings is 1. The number of likely N-dealkylation sites (N-methyl/N-ethyl adjacent to an activating group) is 1. The summed E-state index contributed by atoms with van der Waals surface area (Å²) < 4.78 is 1.00. The van der Waals surface area contributed by atoms with Crippen molar-refractivity contribution >= 4 is 0 Å². The Bertz CT molecular complexity index is 421. The number of hydrogen-bond acceptors (Lipinski definition) is 0. The van der Waals surface area contributed by atoms with Gasteiger partial charge in [-0.2, -0.15) is 0 Å². The molecule has 1 heteroatoms. The van der Waals surface area contributed by atoms with Crippen molar-refractivity contribution in [3.8, 4) is 0 Å². The summed E-state index contributed by atoms with van der Waals surface area (Å²) in [4.78, 5) is 0. The molecule has 0 fully saturated rings. The van der Waals surface area contributed by atoms with E-state index in [1.807, 2.05) is 0 Å². The molecule has 0 aliphatic rings. The van der Waals surface area contributed by atoms with Gasteiger partial charge in [-0.3, -0.25) is 0 Å². The number of hydrogen-bond donors (Lipinski definition) is 0. The maximum Gasteiger partial charge on any atom is 0.107 e. The summed E-state index contributed by atoms with van der Waals surface area (Å²) in [6.45, 7) is 7.47. The van der Waals surface area contributed by atoms with Gasteiger partial charge in [-0.15, -0.1) is 0 Å². The lowest BCUT2D eigenvalue weighted by Crippen LogP contribution is -2.47. The first-order chi connectivity index (χ1) is 11.6. The summed E-state index contributed by atoms with van der Waals surface area (Å²) in [6, 6.07) is 11.4. The fraction of sp³-hybridized carbons (Fsp3) is 0.652. The second-order valence-electron chi connectivity index (χ2n) is 7.84. The standard InChI is InChI=1S/C23H40N/c1-5-7-8-9-10-11-12-13-17-20-23(6-2)24(3,4)21-22-18-15-14-16-19-22/h6,14-16,18-19,23H,2,5,7-13,17,20-21H2,1,3-4H3/q+1. The molecule has 1 aromatic rings. The highest BCUT2D eigenvalue weighted by molar-refractivity contribution is 5.13. The van der Waals surface area contributed by atoms with Crippen molar-refractivity contribution in [1.82, 2.24) is 0 Å². The van der Waals surface area contributed by atoms with Gasteiger partial charge in [0.05, 0.1) is 14.1 Å². The molecule has 0 saturated heterocycles. The Morgan fingerprint density at radius 1 is 0.875 bits per heavy atom. The van der Waals surface area contributed by atoms with Gasteiger partial charge in [-0.25, -0.2) is 0 Å². The zero-order valence-corrected chi connectivity index (χ0v) is 16.5. The van der Waals surface area contributed by atoms with Gasteiger partial charge in [-0.1, -0.05) is 95.2 Å². The molecule has 0 radical (unpaired) electrons. The molecule has 0 saturated carbocycles. The Labute approximate surface area is 151 Å². The van der Waals surface area contributed by atoms with Gasteiger partial charge in [0.25, 0.3) is 0 Å². The fourth-order valence-electron chi connectivity index (χ4n) is 3.59. The van der Waals surface area contributed by atoms with E-state index in [4.69, 9.17) is 0 Å². The third kappa shape index (κ3) is 8.68. The largest absolute Gasteiger partial charge is 0.319 e. The molecule has 0 aliphatic heterocycles. The molecule has 1 rings (SSSR count). The van der Waals surface area contributed by atoms with Crippen LogP contribution in [0.5, 0.6) is 0 Å². The van der Waals surface area contributed by atoms with E-state index in [9.17, 15) is 0 Å². The molecular formula is C23H40N+. The van der Waals surface area contributed by atoms with Crippen molar-refractivity contribution < 1.29 is 4.48 Å². The van der Waals surface area contributed by atoms with Gasteiger partial charge in [-0.05, 0) is 12.5 Å². The van der Waals surface area contributed by atoms with Crippen LogP contribution in [-0.4, -0.2) is 24.6 Å². The number of quaternary nitrogens is 1. The average Bonchev–Trinajstić information content (AvgIpc) is 2.57. The third-order valence-corrected chi connectivity index (χ3v) is 5.21. The maximum absolute atomic E-state index is 4.11. The molecule has 0 heterocycles. The van der Waals surface area contributed by atoms with E-state index < -0.39 is 0 Å². The Morgan fingerprint density at radius 2 is 1.42 bits per heavy atom. The van der Waals surface area contributed by atoms with Crippen LogP contribution in [0, 0.1) is 0 Å². The highest BCUT2D eigenvalue weighted by Crippen LogP contribution is 2.20. The Balaban J connectivity index is 2.22. The molecule has 0 amide bonds. The van der Waals surface area contributed by atoms with Crippen LogP contribution in [0.15, 0.2) is 43.0 Å². The molecule has 0 aliphatic carbocycles. The molecule has 1 aromatic carbocycles. The first-order valence-electron chi connectivity index (χ1n) is 10.1. The quantitative estimate of drug-likeness (QED) is 0.201. The summed E-state index contributed by atoms with van der Waals surface area (Å²) >= 11 is 0. The minimum Gasteiger partial charge on any atom is -0.319 e.